The van der Waals surface area contributed by atoms with Crippen molar-refractivity contribution < 1.29 is 23.3 Å². The van der Waals surface area contributed by atoms with Gasteiger partial charge in [0.15, 0.2) is 0 Å². The van der Waals surface area contributed by atoms with Crippen molar-refractivity contribution in [3.63, 3.8) is 0 Å². The van der Waals surface area contributed by atoms with Crippen LogP contribution >= 0.6 is 0 Å². The minimum absolute atomic E-state index is 0.202. The first kappa shape index (κ1) is 18.7. The molecule has 3 rings (SSSR count). The van der Waals surface area contributed by atoms with E-state index in [2.05, 4.69) is 5.32 Å². The summed E-state index contributed by atoms with van der Waals surface area (Å²) < 4.78 is 17.9. The highest BCUT2D eigenvalue weighted by molar-refractivity contribution is 7.85. The van der Waals surface area contributed by atoms with Gasteiger partial charge >= 0.3 is 0 Å². The molecule has 1 fully saturated rings. The van der Waals surface area contributed by atoms with E-state index < -0.39 is 22.7 Å². The van der Waals surface area contributed by atoms with Gasteiger partial charge in [-0.05, 0) is 18.6 Å². The Labute approximate surface area is 153 Å². The van der Waals surface area contributed by atoms with Crippen LogP contribution in [0.1, 0.15) is 28.8 Å². The third-order valence-electron chi connectivity index (χ3n) is 4.46. The second-order valence-electron chi connectivity index (χ2n) is 6.13. The monoisotopic (exact) mass is 379 g/mol. The van der Waals surface area contributed by atoms with Gasteiger partial charge in [-0.15, -0.1) is 0 Å². The average molecular weight is 379 g/mol. The van der Waals surface area contributed by atoms with Crippen LogP contribution in [0.2, 0.25) is 0 Å². The van der Waals surface area contributed by atoms with Crippen LogP contribution in [0.3, 0.4) is 0 Å². The van der Waals surface area contributed by atoms with E-state index in [1.807, 2.05) is 0 Å². The van der Waals surface area contributed by atoms with Gasteiger partial charge < -0.3 is 15.4 Å². The Hall–Kier alpha value is -2.10. The number of carbonyl (C=O) groups is 3. The fourth-order valence-electron chi connectivity index (χ4n) is 3.20. The fourth-order valence-corrected chi connectivity index (χ4v) is 4.37. The Kier molecular flexibility index (Phi) is 5.80. The molecule has 0 aromatic heterocycles. The number of piperidine rings is 1. The quantitative estimate of drug-likeness (QED) is 0.488. The predicted octanol–water partition coefficient (Wildman–Crippen LogP) is -0.469. The van der Waals surface area contributed by atoms with Crippen LogP contribution in [-0.4, -0.2) is 58.4 Å². The molecule has 0 bridgehead atoms. The number of nitrogens with zero attached hydrogens (tertiary/aromatic N) is 1. The largest absolute Gasteiger partial charge is 0.379 e. The zero-order valence-corrected chi connectivity index (χ0v) is 15.0. The summed E-state index contributed by atoms with van der Waals surface area (Å²) in [7, 11) is -1.32. The van der Waals surface area contributed by atoms with Crippen molar-refractivity contribution in [1.29, 1.82) is 0 Å². The van der Waals surface area contributed by atoms with E-state index in [-0.39, 0.29) is 24.8 Å². The molecule has 1 aromatic rings. The molecule has 3 amide bonds. The van der Waals surface area contributed by atoms with Crippen molar-refractivity contribution >= 4 is 28.5 Å². The molecule has 2 aliphatic heterocycles. The summed E-state index contributed by atoms with van der Waals surface area (Å²) >= 11 is 0. The van der Waals surface area contributed by atoms with Crippen LogP contribution in [-0.2, 0) is 31.7 Å². The van der Waals surface area contributed by atoms with Gasteiger partial charge in [0.2, 0.25) is 11.8 Å². The number of carbonyl (C=O) groups excluding carboxylic acids is 3. The Bertz CT molecular complexity index is 767. The lowest BCUT2D eigenvalue weighted by molar-refractivity contribution is -0.136. The van der Waals surface area contributed by atoms with Crippen LogP contribution in [0.5, 0.6) is 0 Å². The molecule has 1 saturated heterocycles. The molecule has 2 unspecified atom stereocenters. The number of hydrogen-bond donors (Lipinski definition) is 2. The molecule has 1 aromatic carbocycles. The third kappa shape index (κ3) is 3.69. The molecular weight excluding hydrogens is 358 g/mol. The number of fused-ring (bicyclic) bond motifs is 1. The maximum absolute atomic E-state index is 12.7. The van der Waals surface area contributed by atoms with Crippen LogP contribution < -0.4 is 11.1 Å². The molecule has 8 nitrogen and oxygen atoms in total. The van der Waals surface area contributed by atoms with Crippen molar-refractivity contribution in [2.24, 2.45) is 5.73 Å². The minimum atomic E-state index is -1.32. The molecule has 26 heavy (non-hydrogen) atoms. The standard InChI is InChI=1S/C17H21N3O5S/c18-6-7-25-8-9-26(24)14-3-1-2-11-12(14)10-20(17(11)23)13-4-5-15(21)19-16(13)22/h1-3,13H,4-10,18H2,(H,19,21,22). The first-order chi connectivity index (χ1) is 12.5. The summed E-state index contributed by atoms with van der Waals surface area (Å²) in [5, 5.41) is 2.27. The summed E-state index contributed by atoms with van der Waals surface area (Å²) in [5.41, 5.74) is 6.50. The van der Waals surface area contributed by atoms with E-state index in [4.69, 9.17) is 10.5 Å². The zero-order chi connectivity index (χ0) is 18.7. The summed E-state index contributed by atoms with van der Waals surface area (Å²) in [5.74, 6) is -0.744. The summed E-state index contributed by atoms with van der Waals surface area (Å²) in [6.45, 7) is 1.35. The maximum Gasteiger partial charge on any atom is 0.255 e. The van der Waals surface area contributed by atoms with Crippen molar-refractivity contribution in [2.45, 2.75) is 30.3 Å². The first-order valence-corrected chi connectivity index (χ1v) is 9.77. The molecule has 140 valence electrons. The summed E-state index contributed by atoms with van der Waals surface area (Å²) in [4.78, 5) is 38.2. The topological polar surface area (TPSA) is 119 Å². The molecule has 0 aliphatic carbocycles. The lowest BCUT2D eigenvalue weighted by Crippen LogP contribution is -2.52. The number of amides is 3. The predicted molar refractivity (Wildman–Crippen MR) is 93.6 cm³/mol. The highest BCUT2D eigenvalue weighted by Gasteiger charge is 2.40. The van der Waals surface area contributed by atoms with E-state index in [9.17, 15) is 18.6 Å². The smallest absolute Gasteiger partial charge is 0.255 e. The number of rotatable bonds is 7. The SMILES string of the molecule is NCCOCCS(=O)c1cccc2c1CN(C1CCC(=O)NC1=O)C2=O. The van der Waals surface area contributed by atoms with E-state index in [1.165, 1.54) is 4.90 Å². The average Bonchev–Trinajstić information content (AvgIpc) is 2.95. The first-order valence-electron chi connectivity index (χ1n) is 8.45. The Balaban J connectivity index is 1.76. The number of hydrogen-bond acceptors (Lipinski definition) is 6. The molecule has 0 radical (unpaired) electrons. The van der Waals surface area contributed by atoms with Crippen molar-refractivity contribution in [3.8, 4) is 0 Å². The van der Waals surface area contributed by atoms with Crippen LogP contribution in [0.4, 0.5) is 0 Å². The molecule has 2 heterocycles. The molecule has 2 aliphatic rings. The maximum atomic E-state index is 12.7. The summed E-state index contributed by atoms with van der Waals surface area (Å²) in [6.07, 6.45) is 0.504. The van der Waals surface area contributed by atoms with Crippen LogP contribution in [0.15, 0.2) is 23.1 Å². The van der Waals surface area contributed by atoms with Gasteiger partial charge in [0.05, 0.1) is 29.8 Å². The normalized spacial score (nSPS) is 20.9. The van der Waals surface area contributed by atoms with Gasteiger partial charge in [0, 0.05) is 35.5 Å². The number of nitrogens with one attached hydrogen (secondary N) is 1. The van der Waals surface area contributed by atoms with Crippen LogP contribution in [0, 0.1) is 0 Å². The Morgan fingerprint density at radius 1 is 1.27 bits per heavy atom. The Morgan fingerprint density at radius 3 is 2.81 bits per heavy atom. The number of ether oxygens (including phenoxy) is 1. The molecule has 2 atom stereocenters. The van der Waals surface area contributed by atoms with Crippen molar-refractivity contribution in [1.82, 2.24) is 10.2 Å². The number of benzene rings is 1. The van der Waals surface area contributed by atoms with Gasteiger partial charge in [0.1, 0.15) is 6.04 Å². The molecule has 0 saturated carbocycles. The zero-order valence-electron chi connectivity index (χ0n) is 14.2. The second kappa shape index (κ2) is 8.07. The summed E-state index contributed by atoms with van der Waals surface area (Å²) in [6, 6.07) is 4.43. The van der Waals surface area contributed by atoms with Gasteiger partial charge in [-0.25, -0.2) is 0 Å². The highest BCUT2D eigenvalue weighted by Crippen LogP contribution is 2.31. The fraction of sp³-hybridized carbons (Fsp3) is 0.471. The number of nitrogens with two attached hydrogens (primary N) is 1. The van der Waals surface area contributed by atoms with Crippen LogP contribution in [0.25, 0.3) is 0 Å². The van der Waals surface area contributed by atoms with E-state index >= 15 is 0 Å². The third-order valence-corrected chi connectivity index (χ3v) is 5.87. The van der Waals surface area contributed by atoms with E-state index in [0.717, 1.165) is 0 Å². The van der Waals surface area contributed by atoms with Gasteiger partial charge in [-0.3, -0.25) is 23.9 Å². The highest BCUT2D eigenvalue weighted by atomic mass is 32.2. The molecule has 0 spiro atoms. The van der Waals surface area contributed by atoms with Gasteiger partial charge in [-0.1, -0.05) is 6.07 Å². The Morgan fingerprint density at radius 2 is 2.08 bits per heavy atom. The van der Waals surface area contributed by atoms with E-state index in [1.54, 1.807) is 18.2 Å². The van der Waals surface area contributed by atoms with Gasteiger partial charge in [0.25, 0.3) is 5.91 Å². The molecule has 3 N–H and O–H groups in total. The lowest BCUT2D eigenvalue weighted by Gasteiger charge is -2.29. The van der Waals surface area contributed by atoms with E-state index in [0.29, 0.717) is 48.0 Å². The van der Waals surface area contributed by atoms with Crippen molar-refractivity contribution in [3.05, 3.63) is 29.3 Å². The van der Waals surface area contributed by atoms with Crippen molar-refractivity contribution in [2.75, 3.05) is 25.5 Å². The van der Waals surface area contributed by atoms with Gasteiger partial charge in [-0.2, -0.15) is 0 Å². The minimum Gasteiger partial charge on any atom is -0.379 e. The second-order valence-corrected chi connectivity index (χ2v) is 7.67. The molecule has 9 heteroatoms. The lowest BCUT2D eigenvalue weighted by atomic mass is 10.0. The molecular formula is C17H21N3O5S. The number of imide groups is 1.